The predicted molar refractivity (Wildman–Crippen MR) is 88.5 cm³/mol. The Labute approximate surface area is 128 Å². The van der Waals surface area contributed by atoms with Crippen LogP contribution in [0.1, 0.15) is 30.9 Å². The number of allylic oxidation sites excluding steroid dienone is 1. The Kier molecular flexibility index (Phi) is 7.64. The summed E-state index contributed by atoms with van der Waals surface area (Å²) >= 11 is 0. The van der Waals surface area contributed by atoms with Crippen LogP contribution in [0.4, 0.5) is 0 Å². The van der Waals surface area contributed by atoms with Gasteiger partial charge in [-0.25, -0.2) is 12.7 Å². The molecule has 0 aliphatic rings. The van der Waals surface area contributed by atoms with Crippen molar-refractivity contribution >= 4 is 10.0 Å². The largest absolute Gasteiger partial charge is 0.313 e. The van der Waals surface area contributed by atoms with Gasteiger partial charge in [-0.15, -0.1) is 6.58 Å². The molecule has 0 atom stereocenters. The molecule has 0 fully saturated rings. The average molecular weight is 310 g/mol. The lowest BCUT2D eigenvalue weighted by atomic mass is 10.1. The fraction of sp³-hybridized carbons (Fsp3) is 0.500. The predicted octanol–water partition coefficient (Wildman–Crippen LogP) is 2.52. The van der Waals surface area contributed by atoms with Gasteiger partial charge in [0.15, 0.2) is 0 Å². The molecule has 5 heteroatoms. The summed E-state index contributed by atoms with van der Waals surface area (Å²) in [6, 6.07) is 7.74. The lowest BCUT2D eigenvalue weighted by Crippen LogP contribution is -2.29. The highest BCUT2D eigenvalue weighted by molar-refractivity contribution is 7.88. The Morgan fingerprint density at radius 2 is 1.86 bits per heavy atom. The van der Waals surface area contributed by atoms with E-state index < -0.39 is 10.0 Å². The van der Waals surface area contributed by atoms with Gasteiger partial charge in [0.25, 0.3) is 0 Å². The van der Waals surface area contributed by atoms with Crippen molar-refractivity contribution in [3.05, 3.63) is 48.0 Å². The maximum absolute atomic E-state index is 12.2. The third-order valence-corrected chi connectivity index (χ3v) is 5.14. The Balaban J connectivity index is 2.59. The van der Waals surface area contributed by atoms with Crippen LogP contribution in [0.5, 0.6) is 0 Å². The fourth-order valence-electron chi connectivity index (χ4n) is 1.94. The van der Waals surface area contributed by atoms with Crippen LogP contribution < -0.4 is 5.32 Å². The van der Waals surface area contributed by atoms with Gasteiger partial charge in [0, 0.05) is 20.1 Å². The van der Waals surface area contributed by atoms with Crippen LogP contribution in [0.2, 0.25) is 0 Å². The van der Waals surface area contributed by atoms with E-state index >= 15 is 0 Å². The van der Waals surface area contributed by atoms with Gasteiger partial charge < -0.3 is 5.32 Å². The molecule has 0 heterocycles. The molecule has 118 valence electrons. The van der Waals surface area contributed by atoms with E-state index in [0.717, 1.165) is 37.1 Å². The van der Waals surface area contributed by atoms with Crippen LogP contribution >= 0.6 is 0 Å². The zero-order chi connectivity index (χ0) is 15.7. The minimum Gasteiger partial charge on any atom is -0.313 e. The zero-order valence-corrected chi connectivity index (χ0v) is 13.8. The molecule has 1 rings (SSSR count). The van der Waals surface area contributed by atoms with Crippen molar-refractivity contribution < 1.29 is 8.42 Å². The molecular weight excluding hydrogens is 284 g/mol. The van der Waals surface area contributed by atoms with Crippen molar-refractivity contribution in [3.8, 4) is 0 Å². The van der Waals surface area contributed by atoms with E-state index in [1.165, 1.54) is 4.31 Å². The number of nitrogens with one attached hydrogen (secondary N) is 1. The second-order valence-electron chi connectivity index (χ2n) is 5.11. The quantitative estimate of drug-likeness (QED) is 0.534. The first-order valence-corrected chi connectivity index (χ1v) is 8.94. The van der Waals surface area contributed by atoms with Crippen LogP contribution in [0.3, 0.4) is 0 Å². The highest BCUT2D eigenvalue weighted by Crippen LogP contribution is 2.12. The Hall–Kier alpha value is -1.17. The number of unbranched alkanes of at least 4 members (excludes halogenated alkanes) is 1. The van der Waals surface area contributed by atoms with Crippen molar-refractivity contribution in [1.29, 1.82) is 0 Å². The van der Waals surface area contributed by atoms with Crippen molar-refractivity contribution in [1.82, 2.24) is 9.62 Å². The molecule has 1 aromatic carbocycles. The number of nitrogens with zero attached hydrogens (tertiary/aromatic N) is 1. The summed E-state index contributed by atoms with van der Waals surface area (Å²) in [7, 11) is -1.60. The molecule has 0 saturated heterocycles. The van der Waals surface area contributed by atoms with Gasteiger partial charge in [-0.1, -0.05) is 37.3 Å². The minimum absolute atomic E-state index is 0.0546. The highest BCUT2D eigenvalue weighted by Gasteiger charge is 2.17. The fourth-order valence-corrected chi connectivity index (χ4v) is 3.18. The summed E-state index contributed by atoms with van der Waals surface area (Å²) in [5, 5.41) is 3.24. The van der Waals surface area contributed by atoms with Gasteiger partial charge in [-0.05, 0) is 30.5 Å². The number of hydrogen-bond acceptors (Lipinski definition) is 3. The van der Waals surface area contributed by atoms with E-state index in [1.54, 1.807) is 7.05 Å². The Morgan fingerprint density at radius 3 is 2.43 bits per heavy atom. The second kappa shape index (κ2) is 8.97. The van der Waals surface area contributed by atoms with Crippen LogP contribution in [-0.4, -0.2) is 32.9 Å². The standard InChI is InChI=1S/C16H26N2O2S/c1-4-6-7-12-18(3)21(19,20)14-16-10-8-15(9-11-16)13-17-5-2/h4,8-11,17H,1,5-7,12-14H2,2-3H3. The van der Waals surface area contributed by atoms with Crippen LogP contribution in [0.15, 0.2) is 36.9 Å². The van der Waals surface area contributed by atoms with Gasteiger partial charge >= 0.3 is 0 Å². The summed E-state index contributed by atoms with van der Waals surface area (Å²) in [6.07, 6.45) is 3.45. The first-order valence-electron chi connectivity index (χ1n) is 7.33. The SMILES string of the molecule is C=CCCCN(C)S(=O)(=O)Cc1ccc(CNCC)cc1. The van der Waals surface area contributed by atoms with E-state index in [1.807, 2.05) is 30.3 Å². The van der Waals surface area contributed by atoms with Gasteiger partial charge in [-0.2, -0.15) is 0 Å². The molecule has 0 amide bonds. The zero-order valence-electron chi connectivity index (χ0n) is 13.0. The number of hydrogen-bond donors (Lipinski definition) is 1. The average Bonchev–Trinajstić information content (AvgIpc) is 2.46. The van der Waals surface area contributed by atoms with Crippen LogP contribution in [-0.2, 0) is 22.3 Å². The molecule has 0 bridgehead atoms. The normalized spacial score (nSPS) is 11.8. The van der Waals surface area contributed by atoms with Gasteiger partial charge in [-0.3, -0.25) is 0 Å². The van der Waals surface area contributed by atoms with E-state index in [2.05, 4.69) is 18.8 Å². The van der Waals surface area contributed by atoms with Crippen molar-refractivity contribution in [2.45, 2.75) is 32.1 Å². The number of sulfonamides is 1. The smallest absolute Gasteiger partial charge is 0.218 e. The van der Waals surface area contributed by atoms with E-state index in [4.69, 9.17) is 0 Å². The monoisotopic (exact) mass is 310 g/mol. The third-order valence-electron chi connectivity index (χ3n) is 3.31. The van der Waals surface area contributed by atoms with Crippen molar-refractivity contribution in [2.75, 3.05) is 20.1 Å². The molecule has 0 spiro atoms. The van der Waals surface area contributed by atoms with Gasteiger partial charge in [0.05, 0.1) is 5.75 Å². The maximum atomic E-state index is 12.2. The molecule has 0 saturated carbocycles. The molecule has 1 N–H and O–H groups in total. The first-order chi connectivity index (χ1) is 9.99. The second-order valence-corrected chi connectivity index (χ2v) is 7.18. The Bertz CT molecular complexity index is 524. The number of rotatable bonds is 10. The van der Waals surface area contributed by atoms with E-state index in [0.29, 0.717) is 6.54 Å². The lowest BCUT2D eigenvalue weighted by Gasteiger charge is -2.17. The molecule has 4 nitrogen and oxygen atoms in total. The van der Waals surface area contributed by atoms with Crippen LogP contribution in [0.25, 0.3) is 0 Å². The number of benzene rings is 1. The molecule has 0 aliphatic carbocycles. The summed E-state index contributed by atoms with van der Waals surface area (Å²) in [4.78, 5) is 0. The van der Waals surface area contributed by atoms with Crippen LogP contribution in [0, 0.1) is 0 Å². The molecule has 0 unspecified atom stereocenters. The summed E-state index contributed by atoms with van der Waals surface area (Å²) in [5.74, 6) is 0.0546. The van der Waals surface area contributed by atoms with Gasteiger partial charge in [0.2, 0.25) is 10.0 Å². The lowest BCUT2D eigenvalue weighted by molar-refractivity contribution is 0.462. The topological polar surface area (TPSA) is 49.4 Å². The van der Waals surface area contributed by atoms with E-state index in [-0.39, 0.29) is 5.75 Å². The molecular formula is C16H26N2O2S. The molecule has 1 aromatic rings. The minimum atomic E-state index is -3.24. The molecule has 0 aliphatic heterocycles. The first kappa shape index (κ1) is 17.9. The summed E-state index contributed by atoms with van der Waals surface area (Å²) in [6.45, 7) is 7.97. The molecule has 21 heavy (non-hydrogen) atoms. The maximum Gasteiger partial charge on any atom is 0.218 e. The van der Waals surface area contributed by atoms with E-state index in [9.17, 15) is 8.42 Å². The summed E-state index contributed by atoms with van der Waals surface area (Å²) < 4.78 is 25.9. The summed E-state index contributed by atoms with van der Waals surface area (Å²) in [5.41, 5.74) is 1.99. The Morgan fingerprint density at radius 1 is 1.24 bits per heavy atom. The molecule has 0 aromatic heterocycles. The molecule has 0 radical (unpaired) electrons. The highest BCUT2D eigenvalue weighted by atomic mass is 32.2. The third kappa shape index (κ3) is 6.42. The van der Waals surface area contributed by atoms with Crippen molar-refractivity contribution in [2.24, 2.45) is 0 Å². The van der Waals surface area contributed by atoms with Gasteiger partial charge in [0.1, 0.15) is 0 Å². The van der Waals surface area contributed by atoms with Crippen molar-refractivity contribution in [3.63, 3.8) is 0 Å².